The van der Waals surface area contributed by atoms with E-state index in [4.69, 9.17) is 0 Å². The Morgan fingerprint density at radius 1 is 1.30 bits per heavy atom. The topological polar surface area (TPSA) is 41.1 Å². The molecule has 0 atom stereocenters. The van der Waals surface area contributed by atoms with Gasteiger partial charge in [0.15, 0.2) is 0 Å². The van der Waals surface area contributed by atoms with Crippen LogP contribution in [-0.4, -0.2) is 25.0 Å². The number of nitrogens with one attached hydrogen (secondary N) is 2. The molecule has 2 N–H and O–H groups in total. The third-order valence-electron chi connectivity index (χ3n) is 0.977. The van der Waals surface area contributed by atoms with E-state index >= 15 is 0 Å². The van der Waals surface area contributed by atoms with Crippen LogP contribution in [0, 0.1) is 0 Å². The first kappa shape index (κ1) is 9.43. The summed E-state index contributed by atoms with van der Waals surface area (Å²) in [4.78, 5) is 9.67. The van der Waals surface area contributed by atoms with E-state index in [2.05, 4.69) is 31.4 Å². The van der Waals surface area contributed by atoms with Gasteiger partial charge in [-0.25, -0.2) is 0 Å². The lowest BCUT2D eigenvalue weighted by atomic mass is 10.1. The zero-order valence-corrected chi connectivity index (χ0v) is 6.82. The highest BCUT2D eigenvalue weighted by Gasteiger charge is 2.06. The van der Waals surface area contributed by atoms with Gasteiger partial charge < -0.3 is 10.6 Å². The lowest BCUT2D eigenvalue weighted by Crippen LogP contribution is -2.39. The number of hydrogen-bond donors (Lipinski definition) is 2. The summed E-state index contributed by atoms with van der Waals surface area (Å²) in [6.07, 6.45) is 1.61. The summed E-state index contributed by atoms with van der Waals surface area (Å²) < 4.78 is 0. The molecule has 0 aromatic rings. The van der Waals surface area contributed by atoms with E-state index in [9.17, 15) is 4.79 Å². The first-order valence-corrected chi connectivity index (χ1v) is 3.41. The minimum atomic E-state index is 0.130. The van der Waals surface area contributed by atoms with Crippen molar-refractivity contribution in [1.82, 2.24) is 10.6 Å². The van der Waals surface area contributed by atoms with Crippen molar-refractivity contribution in [2.24, 2.45) is 0 Å². The van der Waals surface area contributed by atoms with E-state index in [1.54, 1.807) is 6.41 Å². The molecule has 0 rings (SSSR count). The fourth-order valence-corrected chi connectivity index (χ4v) is 0.551. The van der Waals surface area contributed by atoms with Crippen LogP contribution in [0.25, 0.3) is 0 Å². The minimum Gasteiger partial charge on any atom is -0.347 e. The van der Waals surface area contributed by atoms with Gasteiger partial charge >= 0.3 is 6.41 Å². The molecule has 1 radical (unpaired) electrons. The summed E-state index contributed by atoms with van der Waals surface area (Å²) in [5, 5.41) is 5.67. The highest BCUT2D eigenvalue weighted by Crippen LogP contribution is 1.95. The minimum absolute atomic E-state index is 0.130. The third kappa shape index (κ3) is 7.43. The smallest absolute Gasteiger partial charge is 0.309 e. The van der Waals surface area contributed by atoms with Gasteiger partial charge in [-0.15, -0.1) is 0 Å². The summed E-state index contributed by atoms with van der Waals surface area (Å²) in [7, 11) is 0. The molecular weight excluding hydrogens is 128 g/mol. The van der Waals surface area contributed by atoms with E-state index in [1.807, 2.05) is 0 Å². The van der Waals surface area contributed by atoms with Crippen LogP contribution in [0.15, 0.2) is 0 Å². The molecule has 0 saturated heterocycles. The van der Waals surface area contributed by atoms with E-state index in [0.717, 1.165) is 6.54 Å². The van der Waals surface area contributed by atoms with Gasteiger partial charge in [-0.1, -0.05) is 0 Å². The fourth-order valence-electron chi connectivity index (χ4n) is 0.551. The lowest BCUT2D eigenvalue weighted by Gasteiger charge is -2.19. The van der Waals surface area contributed by atoms with E-state index in [1.165, 1.54) is 0 Å². The first-order valence-electron chi connectivity index (χ1n) is 3.41. The predicted octanol–water partition coefficient (Wildman–Crippen LogP) is 0.0313. The Hall–Kier alpha value is -0.570. The van der Waals surface area contributed by atoms with Crippen molar-refractivity contribution in [2.75, 3.05) is 13.1 Å². The molecule has 0 aliphatic carbocycles. The standard InChI is InChI=1S/C7H15N2O/c1-7(2,3)9-5-4-8-6-10/h9H,4-5H2,1-3H3,(H,8,10). The summed E-state index contributed by atoms with van der Waals surface area (Å²) in [5.74, 6) is 0. The van der Waals surface area contributed by atoms with Gasteiger partial charge in [-0.3, -0.25) is 4.79 Å². The normalized spacial score (nSPS) is 11.1. The molecule has 0 heterocycles. The SMILES string of the molecule is CC(C)(C)NCCN[C]=O. The van der Waals surface area contributed by atoms with E-state index < -0.39 is 0 Å². The maximum absolute atomic E-state index is 9.67. The van der Waals surface area contributed by atoms with Crippen LogP contribution in [0.1, 0.15) is 20.8 Å². The van der Waals surface area contributed by atoms with Gasteiger partial charge in [0.05, 0.1) is 0 Å². The van der Waals surface area contributed by atoms with Gasteiger partial charge in [-0.2, -0.15) is 0 Å². The summed E-state index contributed by atoms with van der Waals surface area (Å²) >= 11 is 0. The van der Waals surface area contributed by atoms with Crippen molar-refractivity contribution < 1.29 is 4.79 Å². The van der Waals surface area contributed by atoms with Crippen molar-refractivity contribution in [3.8, 4) is 0 Å². The van der Waals surface area contributed by atoms with E-state index in [0.29, 0.717) is 6.54 Å². The molecule has 3 heteroatoms. The average Bonchev–Trinajstić information content (AvgIpc) is 1.78. The molecule has 0 saturated carbocycles. The molecule has 1 amide bonds. The second kappa shape index (κ2) is 4.28. The molecule has 0 bridgehead atoms. The maximum atomic E-state index is 9.67. The Kier molecular flexibility index (Phi) is 4.03. The average molecular weight is 143 g/mol. The molecule has 0 unspecified atom stereocenters. The predicted molar refractivity (Wildman–Crippen MR) is 41.5 cm³/mol. The van der Waals surface area contributed by atoms with Crippen LogP contribution in [0.5, 0.6) is 0 Å². The Bertz CT molecular complexity index is 96.3. The molecule has 59 valence electrons. The molecule has 0 aliphatic rings. The fraction of sp³-hybridized carbons (Fsp3) is 0.857. The largest absolute Gasteiger partial charge is 0.347 e. The number of rotatable bonds is 4. The second-order valence-corrected chi connectivity index (χ2v) is 3.21. The lowest BCUT2D eigenvalue weighted by molar-refractivity contribution is 0.427. The number of hydrogen-bond acceptors (Lipinski definition) is 2. The Morgan fingerprint density at radius 2 is 1.90 bits per heavy atom. The molecule has 0 fully saturated rings. The van der Waals surface area contributed by atoms with E-state index in [-0.39, 0.29) is 5.54 Å². The molecule has 0 spiro atoms. The Morgan fingerprint density at radius 3 is 2.30 bits per heavy atom. The highest BCUT2D eigenvalue weighted by molar-refractivity contribution is 5.46. The molecule has 10 heavy (non-hydrogen) atoms. The van der Waals surface area contributed by atoms with Gasteiger partial charge in [0.25, 0.3) is 0 Å². The van der Waals surface area contributed by atoms with Crippen molar-refractivity contribution in [2.45, 2.75) is 26.3 Å². The maximum Gasteiger partial charge on any atom is 0.309 e. The first-order chi connectivity index (χ1) is 4.56. The summed E-state index contributed by atoms with van der Waals surface area (Å²) in [6.45, 7) is 7.67. The number of amides is 1. The summed E-state index contributed by atoms with van der Waals surface area (Å²) in [6, 6.07) is 0. The van der Waals surface area contributed by atoms with Gasteiger partial charge in [-0.05, 0) is 20.8 Å². The Balaban J connectivity index is 3.12. The second-order valence-electron chi connectivity index (χ2n) is 3.21. The monoisotopic (exact) mass is 143 g/mol. The third-order valence-corrected chi connectivity index (χ3v) is 0.977. The van der Waals surface area contributed by atoms with Gasteiger partial charge in [0.2, 0.25) is 0 Å². The number of carbonyl (C=O) groups excluding carboxylic acids is 1. The quantitative estimate of drug-likeness (QED) is 0.430. The van der Waals surface area contributed by atoms with Crippen LogP contribution in [0.4, 0.5) is 0 Å². The van der Waals surface area contributed by atoms with Crippen molar-refractivity contribution in [1.29, 1.82) is 0 Å². The van der Waals surface area contributed by atoms with Crippen molar-refractivity contribution in [3.05, 3.63) is 0 Å². The van der Waals surface area contributed by atoms with Crippen LogP contribution in [0.3, 0.4) is 0 Å². The van der Waals surface area contributed by atoms with Crippen LogP contribution < -0.4 is 10.6 Å². The summed E-state index contributed by atoms with van der Waals surface area (Å²) in [5.41, 5.74) is 0.130. The zero-order chi connectivity index (χ0) is 8.04. The highest BCUT2D eigenvalue weighted by atomic mass is 16.1. The zero-order valence-electron chi connectivity index (χ0n) is 6.82. The molecular formula is C7H15N2O. The molecule has 0 aromatic heterocycles. The molecule has 0 aromatic carbocycles. The molecule has 3 nitrogen and oxygen atoms in total. The van der Waals surface area contributed by atoms with Crippen molar-refractivity contribution in [3.63, 3.8) is 0 Å². The van der Waals surface area contributed by atoms with Gasteiger partial charge in [0.1, 0.15) is 0 Å². The van der Waals surface area contributed by atoms with Gasteiger partial charge in [0, 0.05) is 18.6 Å². The van der Waals surface area contributed by atoms with Crippen LogP contribution in [0.2, 0.25) is 0 Å². The molecule has 0 aliphatic heterocycles. The van der Waals surface area contributed by atoms with Crippen molar-refractivity contribution >= 4 is 6.41 Å². The Labute approximate surface area is 62.2 Å². The van der Waals surface area contributed by atoms with Crippen LogP contribution >= 0.6 is 0 Å². The van der Waals surface area contributed by atoms with Crippen LogP contribution in [-0.2, 0) is 4.79 Å².